The number of ether oxygens (including phenoxy) is 1. The van der Waals surface area contributed by atoms with Crippen LogP contribution in [-0.4, -0.2) is 27.3 Å². The molecule has 0 heterocycles. The highest BCUT2D eigenvalue weighted by Crippen LogP contribution is 2.14. The van der Waals surface area contributed by atoms with Crippen molar-refractivity contribution >= 4 is 15.7 Å². The molecule has 3 N–H and O–H groups in total. The fourth-order valence-electron chi connectivity index (χ4n) is 1.34. The van der Waals surface area contributed by atoms with Crippen LogP contribution in [0, 0.1) is 11.8 Å². The van der Waals surface area contributed by atoms with E-state index in [0.717, 1.165) is 0 Å². The Bertz CT molecular complexity index is 559. The largest absolute Gasteiger partial charge is 0.492 e. The Morgan fingerprint density at radius 3 is 2.89 bits per heavy atom. The van der Waals surface area contributed by atoms with E-state index in [2.05, 4.69) is 16.6 Å². The molecule has 0 aromatic heterocycles. The van der Waals surface area contributed by atoms with Gasteiger partial charge in [0.1, 0.15) is 12.4 Å². The van der Waals surface area contributed by atoms with E-state index in [1.807, 2.05) is 0 Å². The first-order valence-corrected chi connectivity index (χ1v) is 7.54. The zero-order valence-corrected chi connectivity index (χ0v) is 11.7. The molecule has 0 saturated heterocycles. The summed E-state index contributed by atoms with van der Waals surface area (Å²) >= 11 is 0. The van der Waals surface area contributed by atoms with Crippen molar-refractivity contribution in [1.29, 1.82) is 0 Å². The highest BCUT2D eigenvalue weighted by Gasteiger charge is 2.09. The number of nitrogen functional groups attached to an aromatic ring is 1. The van der Waals surface area contributed by atoms with Crippen LogP contribution in [0.2, 0.25) is 0 Å². The van der Waals surface area contributed by atoms with Gasteiger partial charge in [0.15, 0.2) is 0 Å². The molecule has 5 nitrogen and oxygen atoms in total. The molecule has 19 heavy (non-hydrogen) atoms. The minimum Gasteiger partial charge on any atom is -0.492 e. The number of rotatable bonds is 7. The lowest BCUT2D eigenvalue weighted by Gasteiger charge is -2.08. The Morgan fingerprint density at radius 2 is 2.21 bits per heavy atom. The average molecular weight is 282 g/mol. The van der Waals surface area contributed by atoms with Crippen molar-refractivity contribution in [2.45, 2.75) is 13.3 Å². The number of hydrogen-bond donors (Lipinski definition) is 2. The minimum atomic E-state index is -3.32. The topological polar surface area (TPSA) is 81.4 Å². The van der Waals surface area contributed by atoms with Crippen molar-refractivity contribution in [3.8, 4) is 17.6 Å². The van der Waals surface area contributed by atoms with Gasteiger partial charge in [0.05, 0.1) is 5.75 Å². The second-order valence-corrected chi connectivity index (χ2v) is 5.74. The van der Waals surface area contributed by atoms with Crippen molar-refractivity contribution in [1.82, 2.24) is 4.72 Å². The summed E-state index contributed by atoms with van der Waals surface area (Å²) in [6.07, 6.45) is 0.506. The van der Waals surface area contributed by atoms with E-state index in [1.165, 1.54) is 0 Å². The Balaban J connectivity index is 2.32. The number of benzene rings is 1. The molecule has 0 atom stereocenters. The van der Waals surface area contributed by atoms with Crippen molar-refractivity contribution in [3.05, 3.63) is 24.3 Å². The summed E-state index contributed by atoms with van der Waals surface area (Å²) in [7, 11) is -3.32. The Morgan fingerprint density at radius 1 is 1.42 bits per heavy atom. The predicted molar refractivity (Wildman–Crippen MR) is 76.2 cm³/mol. The summed E-state index contributed by atoms with van der Waals surface area (Å²) < 4.78 is 31.0. The molecule has 0 saturated carbocycles. The fourth-order valence-corrected chi connectivity index (χ4v) is 2.20. The lowest BCUT2D eigenvalue weighted by atomic mass is 10.3. The van der Waals surface area contributed by atoms with Crippen molar-refractivity contribution in [2.75, 3.05) is 24.6 Å². The summed E-state index contributed by atoms with van der Waals surface area (Å²) in [6.45, 7) is 2.12. The van der Waals surface area contributed by atoms with Gasteiger partial charge in [-0.05, 0) is 19.1 Å². The normalized spacial score (nSPS) is 10.6. The Hall–Kier alpha value is -1.71. The summed E-state index contributed by atoms with van der Waals surface area (Å²) in [5.41, 5.74) is 6.17. The SMILES string of the molecule is CC#CCCNS(=O)(=O)CCOc1cccc(N)c1. The third-order valence-electron chi connectivity index (χ3n) is 2.23. The Kier molecular flexibility index (Phi) is 6.19. The molecule has 0 bridgehead atoms. The van der Waals surface area contributed by atoms with Crippen LogP contribution in [0.1, 0.15) is 13.3 Å². The van der Waals surface area contributed by atoms with Gasteiger partial charge in [-0.2, -0.15) is 0 Å². The standard InChI is InChI=1S/C13H18N2O3S/c1-2-3-4-8-15-19(16,17)10-9-18-13-7-5-6-12(14)11-13/h5-7,11,15H,4,8-10,14H2,1H3. The van der Waals surface area contributed by atoms with Gasteiger partial charge in [0, 0.05) is 24.7 Å². The van der Waals surface area contributed by atoms with E-state index in [4.69, 9.17) is 10.5 Å². The summed E-state index contributed by atoms with van der Waals surface area (Å²) in [6, 6.07) is 6.87. The van der Waals surface area contributed by atoms with Gasteiger partial charge in [-0.3, -0.25) is 0 Å². The second-order valence-electron chi connectivity index (χ2n) is 3.81. The van der Waals surface area contributed by atoms with Gasteiger partial charge in [-0.25, -0.2) is 13.1 Å². The van der Waals surface area contributed by atoms with Crippen LogP contribution in [0.4, 0.5) is 5.69 Å². The summed E-state index contributed by atoms with van der Waals surface area (Å²) in [5.74, 6) is 5.96. The third-order valence-corrected chi connectivity index (χ3v) is 3.58. The number of nitrogens with two attached hydrogens (primary N) is 1. The molecule has 0 spiro atoms. The molecule has 104 valence electrons. The monoisotopic (exact) mass is 282 g/mol. The van der Waals surface area contributed by atoms with E-state index in [0.29, 0.717) is 24.4 Å². The molecule has 0 radical (unpaired) electrons. The predicted octanol–water partition coefficient (Wildman–Crippen LogP) is 0.980. The maximum absolute atomic E-state index is 11.6. The van der Waals surface area contributed by atoms with Crippen molar-refractivity contribution in [2.24, 2.45) is 0 Å². The first-order chi connectivity index (χ1) is 9.03. The van der Waals surface area contributed by atoms with Crippen molar-refractivity contribution in [3.63, 3.8) is 0 Å². The molecule has 0 aliphatic carbocycles. The minimum absolute atomic E-state index is 0.0816. The maximum Gasteiger partial charge on any atom is 0.214 e. The highest BCUT2D eigenvalue weighted by atomic mass is 32.2. The zero-order valence-electron chi connectivity index (χ0n) is 10.8. The van der Waals surface area contributed by atoms with Crippen LogP contribution in [0.3, 0.4) is 0 Å². The average Bonchev–Trinajstić information content (AvgIpc) is 2.35. The first kappa shape index (κ1) is 15.3. The van der Waals surface area contributed by atoms with Crippen LogP contribution in [-0.2, 0) is 10.0 Å². The van der Waals surface area contributed by atoms with Crippen LogP contribution >= 0.6 is 0 Å². The first-order valence-electron chi connectivity index (χ1n) is 5.89. The van der Waals surface area contributed by atoms with Gasteiger partial charge >= 0.3 is 0 Å². The fraction of sp³-hybridized carbons (Fsp3) is 0.385. The molecule has 0 aliphatic rings. The smallest absolute Gasteiger partial charge is 0.214 e. The number of sulfonamides is 1. The lowest BCUT2D eigenvalue weighted by Crippen LogP contribution is -2.29. The quantitative estimate of drug-likeness (QED) is 0.444. The molecule has 0 amide bonds. The van der Waals surface area contributed by atoms with Crippen molar-refractivity contribution < 1.29 is 13.2 Å². The van der Waals surface area contributed by atoms with Crippen LogP contribution < -0.4 is 15.2 Å². The molecule has 6 heteroatoms. The van der Waals surface area contributed by atoms with E-state index < -0.39 is 10.0 Å². The van der Waals surface area contributed by atoms with Crippen LogP contribution in [0.25, 0.3) is 0 Å². The summed E-state index contributed by atoms with van der Waals surface area (Å²) in [5, 5.41) is 0. The number of anilines is 1. The van der Waals surface area contributed by atoms with E-state index in [1.54, 1.807) is 31.2 Å². The highest BCUT2D eigenvalue weighted by molar-refractivity contribution is 7.89. The molecule has 0 aliphatic heterocycles. The zero-order chi connectivity index (χ0) is 14.1. The van der Waals surface area contributed by atoms with Gasteiger partial charge in [-0.1, -0.05) is 6.07 Å². The second kappa shape index (κ2) is 7.67. The van der Waals surface area contributed by atoms with Gasteiger partial charge in [0.25, 0.3) is 0 Å². The molecule has 0 unspecified atom stereocenters. The molecule has 1 rings (SSSR count). The Labute approximate surface area is 114 Å². The number of nitrogens with one attached hydrogen (secondary N) is 1. The molecule has 1 aromatic rings. The molecule has 1 aromatic carbocycles. The van der Waals surface area contributed by atoms with Crippen LogP contribution in [0.15, 0.2) is 24.3 Å². The van der Waals surface area contributed by atoms with E-state index in [-0.39, 0.29) is 12.4 Å². The van der Waals surface area contributed by atoms with Gasteiger partial charge in [0.2, 0.25) is 10.0 Å². The number of hydrogen-bond acceptors (Lipinski definition) is 4. The van der Waals surface area contributed by atoms with Gasteiger partial charge in [-0.15, -0.1) is 11.8 Å². The maximum atomic E-state index is 11.6. The summed E-state index contributed by atoms with van der Waals surface area (Å²) in [4.78, 5) is 0. The third kappa shape index (κ3) is 6.70. The van der Waals surface area contributed by atoms with E-state index >= 15 is 0 Å². The molecular weight excluding hydrogens is 264 g/mol. The molecular formula is C13H18N2O3S. The lowest BCUT2D eigenvalue weighted by molar-refractivity contribution is 0.340. The van der Waals surface area contributed by atoms with E-state index in [9.17, 15) is 8.42 Å². The molecule has 0 fully saturated rings. The van der Waals surface area contributed by atoms with Crippen LogP contribution in [0.5, 0.6) is 5.75 Å². The van der Waals surface area contributed by atoms with Gasteiger partial charge < -0.3 is 10.5 Å².